The number of rotatable bonds is 3. The first kappa shape index (κ1) is 17.7. The number of non-ortho nitro benzene ring substituents is 1. The van der Waals surface area contributed by atoms with Gasteiger partial charge in [-0.25, -0.2) is 4.68 Å². The number of nitrogens with zero attached hydrogens (tertiary/aromatic N) is 4. The summed E-state index contributed by atoms with van der Waals surface area (Å²) in [6.07, 6.45) is -1.50. The second-order valence-corrected chi connectivity index (χ2v) is 6.11. The molecule has 2 heterocycles. The third kappa shape index (κ3) is 3.20. The van der Waals surface area contributed by atoms with E-state index in [1.807, 2.05) is 0 Å². The number of aromatic nitrogens is 3. The van der Waals surface area contributed by atoms with E-state index in [4.69, 9.17) is 0 Å². The molecule has 28 heavy (non-hydrogen) atoms. The zero-order chi connectivity index (χ0) is 19.9. The fourth-order valence-electron chi connectivity index (χ4n) is 3.02. The number of allylic oxidation sites excluding steroid dienone is 1. The number of nitro groups is 1. The molecule has 4 rings (SSSR count). The van der Waals surface area contributed by atoms with Gasteiger partial charge in [0.25, 0.3) is 5.69 Å². The van der Waals surface area contributed by atoms with Gasteiger partial charge in [0.2, 0.25) is 5.95 Å². The molecule has 1 aliphatic heterocycles. The van der Waals surface area contributed by atoms with Crippen LogP contribution >= 0.6 is 0 Å². The predicted octanol–water partition coefficient (Wildman–Crippen LogP) is 4.26. The van der Waals surface area contributed by atoms with Gasteiger partial charge in [-0.3, -0.25) is 10.1 Å². The number of nitro benzene ring substituents is 1. The Kier molecular flexibility index (Phi) is 4.10. The number of alkyl halides is 3. The van der Waals surface area contributed by atoms with Gasteiger partial charge in [0, 0.05) is 17.8 Å². The minimum absolute atomic E-state index is 0.0910. The third-order valence-electron chi connectivity index (χ3n) is 4.33. The van der Waals surface area contributed by atoms with E-state index >= 15 is 0 Å². The zero-order valence-electron chi connectivity index (χ0n) is 14.1. The Morgan fingerprint density at radius 2 is 1.93 bits per heavy atom. The molecular weight excluding hydrogens is 375 g/mol. The number of anilines is 1. The first-order valence-electron chi connectivity index (χ1n) is 8.13. The van der Waals surface area contributed by atoms with Crippen molar-refractivity contribution in [3.63, 3.8) is 0 Å². The molecule has 0 saturated heterocycles. The van der Waals surface area contributed by atoms with E-state index in [-0.39, 0.29) is 5.69 Å². The van der Waals surface area contributed by atoms with Crippen molar-refractivity contribution in [3.8, 4) is 0 Å². The van der Waals surface area contributed by atoms with Gasteiger partial charge in [-0.2, -0.15) is 23.3 Å². The molecule has 0 fully saturated rings. The van der Waals surface area contributed by atoms with Gasteiger partial charge >= 0.3 is 6.18 Å². The molecule has 0 amide bonds. The maximum atomic E-state index is 13.1. The molecule has 1 N–H and O–H groups in total. The standard InChI is InChI=1S/C18H12F3N5O2/c19-18(20,21)13-5-1-3-11(7-13)15-9-16(25-17(24-15)22-10-23-25)12-4-2-6-14(8-12)26(27)28/h1-10,16H,(H,22,23,24). The van der Waals surface area contributed by atoms with Crippen LogP contribution in [0.5, 0.6) is 0 Å². The fraction of sp³-hybridized carbons (Fsp3) is 0.111. The molecule has 0 aliphatic carbocycles. The average Bonchev–Trinajstić information content (AvgIpc) is 3.15. The van der Waals surface area contributed by atoms with E-state index in [1.165, 1.54) is 29.2 Å². The molecule has 7 nitrogen and oxygen atoms in total. The predicted molar refractivity (Wildman–Crippen MR) is 94.3 cm³/mol. The maximum Gasteiger partial charge on any atom is 0.416 e. The highest BCUT2D eigenvalue weighted by Gasteiger charge is 2.31. The smallest absolute Gasteiger partial charge is 0.324 e. The summed E-state index contributed by atoms with van der Waals surface area (Å²) in [5.74, 6) is 0.325. The lowest BCUT2D eigenvalue weighted by atomic mass is 10.0. The first-order chi connectivity index (χ1) is 13.3. The average molecular weight is 387 g/mol. The Morgan fingerprint density at radius 3 is 2.68 bits per heavy atom. The van der Waals surface area contributed by atoms with E-state index < -0.39 is 22.7 Å². The number of halogens is 3. The molecule has 2 aromatic carbocycles. The van der Waals surface area contributed by atoms with Crippen LogP contribution in [0.25, 0.3) is 5.70 Å². The highest BCUT2D eigenvalue weighted by molar-refractivity contribution is 5.77. The summed E-state index contributed by atoms with van der Waals surface area (Å²) in [5.41, 5.74) is 0.424. The SMILES string of the molecule is O=[N+]([O-])c1cccc(C2C=C(c3cccc(C(F)(F)F)c3)Nc3ncnn32)c1. The Morgan fingerprint density at radius 1 is 1.14 bits per heavy atom. The molecule has 10 heteroatoms. The van der Waals surface area contributed by atoms with Crippen LogP contribution in [0.2, 0.25) is 0 Å². The molecule has 0 spiro atoms. The van der Waals surface area contributed by atoms with Gasteiger partial charge in [-0.05, 0) is 29.3 Å². The Balaban J connectivity index is 1.80. The first-order valence-corrected chi connectivity index (χ1v) is 8.13. The van der Waals surface area contributed by atoms with E-state index in [0.717, 1.165) is 12.1 Å². The van der Waals surface area contributed by atoms with Crippen LogP contribution in [-0.4, -0.2) is 19.7 Å². The van der Waals surface area contributed by atoms with Crippen molar-refractivity contribution >= 4 is 17.3 Å². The van der Waals surface area contributed by atoms with E-state index in [9.17, 15) is 23.3 Å². The van der Waals surface area contributed by atoms with E-state index in [1.54, 1.807) is 24.3 Å². The van der Waals surface area contributed by atoms with Crippen LogP contribution in [0.15, 0.2) is 60.9 Å². The second-order valence-electron chi connectivity index (χ2n) is 6.11. The van der Waals surface area contributed by atoms with Crippen LogP contribution in [0.4, 0.5) is 24.8 Å². The van der Waals surface area contributed by atoms with Crippen molar-refractivity contribution in [3.05, 3.63) is 87.7 Å². The number of nitrogens with one attached hydrogen (secondary N) is 1. The summed E-state index contributed by atoms with van der Waals surface area (Å²) in [5, 5.41) is 18.2. The summed E-state index contributed by atoms with van der Waals surface area (Å²) in [6.45, 7) is 0. The van der Waals surface area contributed by atoms with Crippen LogP contribution in [-0.2, 0) is 6.18 Å². The lowest BCUT2D eigenvalue weighted by Gasteiger charge is -2.24. The molecule has 0 bridgehead atoms. The van der Waals surface area contributed by atoms with Gasteiger partial charge < -0.3 is 5.32 Å². The van der Waals surface area contributed by atoms with Crippen LogP contribution in [0, 0.1) is 10.1 Å². The van der Waals surface area contributed by atoms with Crippen LogP contribution in [0.3, 0.4) is 0 Å². The molecule has 1 atom stereocenters. The highest BCUT2D eigenvalue weighted by atomic mass is 19.4. The summed E-state index contributed by atoms with van der Waals surface area (Å²) in [6, 6.07) is 10.3. The molecular formula is C18H12F3N5O2. The number of hydrogen-bond acceptors (Lipinski definition) is 5. The van der Waals surface area contributed by atoms with E-state index in [0.29, 0.717) is 22.8 Å². The van der Waals surface area contributed by atoms with Gasteiger partial charge in [0.05, 0.1) is 10.5 Å². The van der Waals surface area contributed by atoms with Crippen LogP contribution in [0.1, 0.15) is 22.7 Å². The normalized spacial score (nSPS) is 16.1. The molecule has 1 aliphatic rings. The molecule has 1 aromatic heterocycles. The van der Waals surface area contributed by atoms with Crippen molar-refractivity contribution in [1.82, 2.24) is 14.8 Å². The third-order valence-corrected chi connectivity index (χ3v) is 4.33. The van der Waals surface area contributed by atoms with Gasteiger partial charge in [-0.1, -0.05) is 24.3 Å². The van der Waals surface area contributed by atoms with Crippen molar-refractivity contribution in [2.24, 2.45) is 0 Å². The molecule has 0 saturated carbocycles. The number of fused-ring (bicyclic) bond motifs is 1. The largest absolute Gasteiger partial charge is 0.416 e. The van der Waals surface area contributed by atoms with Crippen molar-refractivity contribution in [2.75, 3.05) is 5.32 Å². The van der Waals surface area contributed by atoms with Gasteiger partial charge in [-0.15, -0.1) is 0 Å². The Labute approximate surface area is 156 Å². The lowest BCUT2D eigenvalue weighted by molar-refractivity contribution is -0.384. The highest BCUT2D eigenvalue weighted by Crippen LogP contribution is 2.35. The Bertz CT molecular complexity index is 1090. The second kappa shape index (κ2) is 6.48. The summed E-state index contributed by atoms with van der Waals surface area (Å²) < 4.78 is 40.7. The molecule has 3 aromatic rings. The number of benzene rings is 2. The summed E-state index contributed by atoms with van der Waals surface area (Å²) >= 11 is 0. The number of hydrogen-bond donors (Lipinski definition) is 1. The molecule has 142 valence electrons. The summed E-state index contributed by atoms with van der Waals surface area (Å²) in [7, 11) is 0. The zero-order valence-corrected chi connectivity index (χ0v) is 14.1. The van der Waals surface area contributed by atoms with Crippen LogP contribution < -0.4 is 5.32 Å². The maximum absolute atomic E-state index is 13.1. The van der Waals surface area contributed by atoms with Gasteiger partial charge in [0.15, 0.2) is 0 Å². The van der Waals surface area contributed by atoms with Gasteiger partial charge in [0.1, 0.15) is 12.4 Å². The summed E-state index contributed by atoms with van der Waals surface area (Å²) in [4.78, 5) is 14.7. The van der Waals surface area contributed by atoms with Crippen molar-refractivity contribution in [2.45, 2.75) is 12.2 Å². The Hall–Kier alpha value is -3.69. The van der Waals surface area contributed by atoms with E-state index in [2.05, 4.69) is 15.4 Å². The minimum Gasteiger partial charge on any atom is -0.324 e. The fourth-order valence-corrected chi connectivity index (χ4v) is 3.02. The monoisotopic (exact) mass is 387 g/mol. The lowest BCUT2D eigenvalue weighted by Crippen LogP contribution is -2.20. The quantitative estimate of drug-likeness (QED) is 0.536. The topological polar surface area (TPSA) is 85.9 Å². The molecule has 0 radical (unpaired) electrons. The minimum atomic E-state index is -4.47. The molecule has 1 unspecified atom stereocenters. The van der Waals surface area contributed by atoms with Crippen molar-refractivity contribution < 1.29 is 18.1 Å². The van der Waals surface area contributed by atoms with Crippen molar-refractivity contribution in [1.29, 1.82) is 0 Å².